The van der Waals surface area contributed by atoms with E-state index in [9.17, 15) is 4.79 Å². The monoisotopic (exact) mass is 213 g/mol. The first kappa shape index (κ1) is 14.6. The molecule has 0 saturated carbocycles. The van der Waals surface area contributed by atoms with Gasteiger partial charge in [-0.05, 0) is 17.9 Å². The minimum Gasteiger partial charge on any atom is -0.468 e. The first-order chi connectivity index (χ1) is 5.22. The molecule has 2 N–H and O–H groups in total. The molecule has 0 fully saturated rings. The molecule has 0 aliphatic heterocycles. The molecule has 0 bridgehead atoms. The molecule has 0 aliphatic rings. The quantitative estimate of drug-likeness (QED) is 0.548. The van der Waals surface area contributed by atoms with E-state index in [4.69, 9.17) is 5.73 Å². The van der Waals surface area contributed by atoms with E-state index in [-0.39, 0.29) is 18.4 Å². The predicted octanol–water partition coefficient (Wildman–Crippen LogP) is 1.05. The van der Waals surface area contributed by atoms with Crippen LogP contribution in [0.15, 0.2) is 0 Å². The second-order valence-corrected chi connectivity index (χ2v) is 3.51. The van der Waals surface area contributed by atoms with Crippen LogP contribution in [0.4, 0.5) is 0 Å². The van der Waals surface area contributed by atoms with Crippen molar-refractivity contribution in [3.63, 3.8) is 0 Å². The van der Waals surface area contributed by atoms with Crippen molar-refractivity contribution < 1.29 is 9.53 Å². The van der Waals surface area contributed by atoms with E-state index >= 15 is 0 Å². The highest BCUT2D eigenvalue weighted by molar-refractivity contribution is 7.99. The number of esters is 1. The highest BCUT2D eigenvalue weighted by Crippen LogP contribution is 2.03. The van der Waals surface area contributed by atoms with E-state index in [2.05, 4.69) is 11.7 Å². The summed E-state index contributed by atoms with van der Waals surface area (Å²) < 4.78 is 4.47. The first-order valence-electron chi connectivity index (χ1n) is 3.63. The fourth-order valence-corrected chi connectivity index (χ4v) is 1.33. The van der Waals surface area contributed by atoms with Crippen molar-refractivity contribution in [1.29, 1.82) is 0 Å². The third-order valence-electron chi connectivity index (χ3n) is 1.28. The Labute approximate surface area is 83.8 Å². The van der Waals surface area contributed by atoms with E-state index in [1.165, 1.54) is 7.11 Å². The van der Waals surface area contributed by atoms with Gasteiger partial charge < -0.3 is 10.5 Å². The average molecular weight is 214 g/mol. The number of hydrogen-bond acceptors (Lipinski definition) is 4. The molecule has 74 valence electrons. The Morgan fingerprint density at radius 1 is 1.67 bits per heavy atom. The standard InChI is InChI=1S/C7H15NO2S.ClH/c1-3-11-5-4-6(8)7(9)10-2;/h6H,3-5,8H2,1-2H3;1H/t6-;/m0./s1. The van der Waals surface area contributed by atoms with Crippen LogP contribution in [0, 0.1) is 0 Å². The van der Waals surface area contributed by atoms with E-state index in [0.29, 0.717) is 6.42 Å². The molecule has 0 radical (unpaired) electrons. The van der Waals surface area contributed by atoms with Gasteiger partial charge in [0.15, 0.2) is 0 Å². The predicted molar refractivity (Wildman–Crippen MR) is 54.9 cm³/mol. The van der Waals surface area contributed by atoms with Gasteiger partial charge in [0, 0.05) is 0 Å². The lowest BCUT2D eigenvalue weighted by molar-refractivity contribution is -0.142. The topological polar surface area (TPSA) is 52.3 Å². The van der Waals surface area contributed by atoms with Crippen molar-refractivity contribution in [3.05, 3.63) is 0 Å². The Hall–Kier alpha value is 0.0700. The second-order valence-electron chi connectivity index (χ2n) is 2.12. The molecule has 1 atom stereocenters. The van der Waals surface area contributed by atoms with Crippen LogP contribution in [-0.2, 0) is 9.53 Å². The SMILES string of the molecule is CCSCC[C@H](N)C(=O)OC.Cl. The van der Waals surface area contributed by atoms with Gasteiger partial charge in [0.1, 0.15) is 6.04 Å². The molecule has 0 aliphatic carbocycles. The lowest BCUT2D eigenvalue weighted by Gasteiger charge is -2.07. The Morgan fingerprint density at radius 3 is 2.67 bits per heavy atom. The van der Waals surface area contributed by atoms with Gasteiger partial charge in [-0.1, -0.05) is 6.92 Å². The van der Waals surface area contributed by atoms with Gasteiger partial charge in [-0.2, -0.15) is 11.8 Å². The van der Waals surface area contributed by atoms with Crippen LogP contribution >= 0.6 is 24.2 Å². The van der Waals surface area contributed by atoms with Crippen molar-refractivity contribution in [3.8, 4) is 0 Å². The molecule has 0 saturated heterocycles. The zero-order chi connectivity index (χ0) is 8.69. The van der Waals surface area contributed by atoms with Crippen LogP contribution in [0.3, 0.4) is 0 Å². The summed E-state index contributed by atoms with van der Waals surface area (Å²) in [5.74, 6) is 1.67. The molecule has 3 nitrogen and oxygen atoms in total. The van der Waals surface area contributed by atoms with Crippen molar-refractivity contribution >= 4 is 30.1 Å². The molecule has 0 unspecified atom stereocenters. The molecule has 0 heterocycles. The van der Waals surface area contributed by atoms with Crippen LogP contribution in [-0.4, -0.2) is 30.6 Å². The van der Waals surface area contributed by atoms with E-state index in [1.54, 1.807) is 11.8 Å². The summed E-state index contributed by atoms with van der Waals surface area (Å²) in [6.07, 6.45) is 0.700. The van der Waals surface area contributed by atoms with E-state index < -0.39 is 6.04 Å². The first-order valence-corrected chi connectivity index (χ1v) is 4.79. The maximum absolute atomic E-state index is 10.7. The number of carbonyl (C=O) groups is 1. The minimum absolute atomic E-state index is 0. The molecule has 0 aromatic rings. The number of thioether (sulfide) groups is 1. The van der Waals surface area contributed by atoms with Gasteiger partial charge >= 0.3 is 5.97 Å². The van der Waals surface area contributed by atoms with Gasteiger partial charge in [-0.3, -0.25) is 4.79 Å². The summed E-state index contributed by atoms with van der Waals surface area (Å²) in [5, 5.41) is 0. The summed E-state index contributed by atoms with van der Waals surface area (Å²) in [6, 6.07) is -0.445. The van der Waals surface area contributed by atoms with Gasteiger partial charge in [0.05, 0.1) is 7.11 Å². The molecule has 0 amide bonds. The fraction of sp³-hybridized carbons (Fsp3) is 0.857. The zero-order valence-corrected chi connectivity index (χ0v) is 9.04. The Morgan fingerprint density at radius 2 is 2.25 bits per heavy atom. The number of carbonyl (C=O) groups excluding carboxylic acids is 1. The lowest BCUT2D eigenvalue weighted by Crippen LogP contribution is -2.31. The van der Waals surface area contributed by atoms with E-state index in [0.717, 1.165) is 11.5 Å². The summed E-state index contributed by atoms with van der Waals surface area (Å²) >= 11 is 1.78. The van der Waals surface area contributed by atoms with Gasteiger partial charge in [0.2, 0.25) is 0 Å². The van der Waals surface area contributed by atoms with Crippen LogP contribution in [0.2, 0.25) is 0 Å². The number of halogens is 1. The largest absolute Gasteiger partial charge is 0.468 e. The Balaban J connectivity index is 0. The van der Waals surface area contributed by atoms with Crippen molar-refractivity contribution in [2.45, 2.75) is 19.4 Å². The molecule has 0 spiro atoms. The Bertz CT molecular complexity index is 124. The van der Waals surface area contributed by atoms with Crippen LogP contribution < -0.4 is 5.73 Å². The lowest BCUT2D eigenvalue weighted by atomic mass is 10.2. The van der Waals surface area contributed by atoms with Gasteiger partial charge in [0.25, 0.3) is 0 Å². The minimum atomic E-state index is -0.445. The average Bonchev–Trinajstić information content (AvgIpc) is 2.03. The molecule has 0 aromatic heterocycles. The summed E-state index contributed by atoms with van der Waals surface area (Å²) in [6.45, 7) is 2.08. The zero-order valence-electron chi connectivity index (χ0n) is 7.41. The highest BCUT2D eigenvalue weighted by atomic mass is 35.5. The van der Waals surface area contributed by atoms with Crippen LogP contribution in [0.25, 0.3) is 0 Å². The summed E-state index contributed by atoms with van der Waals surface area (Å²) in [7, 11) is 1.36. The summed E-state index contributed by atoms with van der Waals surface area (Å²) in [5.41, 5.74) is 5.48. The molecule has 0 rings (SSSR count). The second kappa shape index (κ2) is 9.16. The van der Waals surface area contributed by atoms with Crippen molar-refractivity contribution in [2.24, 2.45) is 5.73 Å². The van der Waals surface area contributed by atoms with E-state index in [1.807, 2.05) is 0 Å². The van der Waals surface area contributed by atoms with Gasteiger partial charge in [-0.15, -0.1) is 12.4 Å². The fourth-order valence-electron chi connectivity index (χ4n) is 0.624. The van der Waals surface area contributed by atoms with Crippen molar-refractivity contribution in [1.82, 2.24) is 0 Å². The number of hydrogen-bond donors (Lipinski definition) is 1. The van der Waals surface area contributed by atoms with Crippen molar-refractivity contribution in [2.75, 3.05) is 18.6 Å². The number of nitrogens with two attached hydrogens (primary N) is 1. The molecule has 12 heavy (non-hydrogen) atoms. The highest BCUT2D eigenvalue weighted by Gasteiger charge is 2.11. The third-order valence-corrected chi connectivity index (χ3v) is 2.21. The van der Waals surface area contributed by atoms with Crippen LogP contribution in [0.1, 0.15) is 13.3 Å². The molecule has 5 heteroatoms. The maximum Gasteiger partial charge on any atom is 0.322 e. The Kier molecular flexibility index (Phi) is 11.1. The smallest absolute Gasteiger partial charge is 0.322 e. The summed E-state index contributed by atoms with van der Waals surface area (Å²) in [4.78, 5) is 10.7. The number of methoxy groups -OCH3 is 1. The molecule has 0 aromatic carbocycles. The third kappa shape index (κ3) is 6.76. The molecular weight excluding hydrogens is 198 g/mol. The normalized spacial score (nSPS) is 11.6. The molecular formula is C7H16ClNO2S. The maximum atomic E-state index is 10.7. The number of ether oxygens (including phenoxy) is 1. The van der Waals surface area contributed by atoms with Gasteiger partial charge in [-0.25, -0.2) is 0 Å². The van der Waals surface area contributed by atoms with Crippen LogP contribution in [0.5, 0.6) is 0 Å². The number of rotatable bonds is 5.